The summed E-state index contributed by atoms with van der Waals surface area (Å²) in [4.78, 5) is 17.6. The average molecular weight is 280 g/mol. The van der Waals surface area contributed by atoms with E-state index in [1.54, 1.807) is 0 Å². The van der Waals surface area contributed by atoms with Gasteiger partial charge in [-0.25, -0.2) is 4.79 Å². The van der Waals surface area contributed by atoms with Crippen molar-refractivity contribution in [2.24, 2.45) is 0 Å². The van der Waals surface area contributed by atoms with Crippen LogP contribution in [0, 0.1) is 6.92 Å². The Bertz CT molecular complexity index is 474. The van der Waals surface area contributed by atoms with Crippen molar-refractivity contribution in [1.29, 1.82) is 0 Å². The number of thiophene rings is 1. The van der Waals surface area contributed by atoms with Gasteiger partial charge in [-0.2, -0.15) is 0 Å². The van der Waals surface area contributed by atoms with Gasteiger partial charge in [-0.05, 0) is 31.4 Å². The molecule has 2 heterocycles. The number of carboxylic acid groups (broad SMARTS) is 1. The minimum absolute atomic E-state index is 0.462. The average Bonchev–Trinajstić information content (AvgIpc) is 3.16. The Morgan fingerprint density at radius 2 is 2.05 bits per heavy atom. The molecule has 0 bridgehead atoms. The van der Waals surface area contributed by atoms with Crippen LogP contribution in [-0.4, -0.2) is 53.1 Å². The highest BCUT2D eigenvalue weighted by atomic mass is 32.1. The van der Waals surface area contributed by atoms with Crippen molar-refractivity contribution < 1.29 is 9.90 Å². The topological polar surface area (TPSA) is 43.8 Å². The third-order valence-electron chi connectivity index (χ3n) is 4.10. The van der Waals surface area contributed by atoms with E-state index in [1.807, 2.05) is 13.0 Å². The first-order valence-electron chi connectivity index (χ1n) is 6.92. The normalized spacial score (nSPS) is 21.7. The minimum atomic E-state index is -0.807. The summed E-state index contributed by atoms with van der Waals surface area (Å²) >= 11 is 1.39. The Morgan fingerprint density at radius 1 is 1.37 bits per heavy atom. The molecule has 0 amide bonds. The summed E-state index contributed by atoms with van der Waals surface area (Å²) in [5, 5.41) is 9.02. The van der Waals surface area contributed by atoms with Crippen LogP contribution in [0.3, 0.4) is 0 Å². The SMILES string of the molecule is Cc1sc(C(=O)O)cc1CN1CCN(C2CC2)CC1. The molecule has 19 heavy (non-hydrogen) atoms. The summed E-state index contributed by atoms with van der Waals surface area (Å²) in [7, 11) is 0. The van der Waals surface area contributed by atoms with Crippen molar-refractivity contribution in [3.05, 3.63) is 21.4 Å². The maximum Gasteiger partial charge on any atom is 0.345 e. The molecule has 0 aromatic carbocycles. The van der Waals surface area contributed by atoms with E-state index in [2.05, 4.69) is 9.80 Å². The van der Waals surface area contributed by atoms with E-state index in [0.717, 1.165) is 30.6 Å². The van der Waals surface area contributed by atoms with Crippen molar-refractivity contribution in [3.63, 3.8) is 0 Å². The van der Waals surface area contributed by atoms with Crippen LogP contribution < -0.4 is 0 Å². The second-order valence-electron chi connectivity index (χ2n) is 5.54. The number of carboxylic acids is 1. The second kappa shape index (κ2) is 5.23. The predicted molar refractivity (Wildman–Crippen MR) is 75.9 cm³/mol. The second-order valence-corrected chi connectivity index (χ2v) is 6.80. The fourth-order valence-electron chi connectivity index (χ4n) is 2.75. The maximum atomic E-state index is 11.0. The number of aromatic carboxylic acids is 1. The number of carbonyl (C=O) groups is 1. The molecule has 1 saturated heterocycles. The van der Waals surface area contributed by atoms with Crippen LogP contribution in [0.5, 0.6) is 0 Å². The third-order valence-corrected chi connectivity index (χ3v) is 5.18. The smallest absolute Gasteiger partial charge is 0.345 e. The Balaban J connectivity index is 1.58. The van der Waals surface area contributed by atoms with Crippen molar-refractivity contribution >= 4 is 17.3 Å². The molecule has 1 aliphatic heterocycles. The summed E-state index contributed by atoms with van der Waals surface area (Å²) in [6.45, 7) is 7.46. The molecule has 0 spiro atoms. The first-order valence-corrected chi connectivity index (χ1v) is 7.74. The minimum Gasteiger partial charge on any atom is -0.477 e. The van der Waals surface area contributed by atoms with Gasteiger partial charge < -0.3 is 5.11 Å². The zero-order valence-corrected chi connectivity index (χ0v) is 12.1. The summed E-state index contributed by atoms with van der Waals surface area (Å²) in [5.74, 6) is -0.807. The highest BCUT2D eigenvalue weighted by molar-refractivity contribution is 7.14. The lowest BCUT2D eigenvalue weighted by Crippen LogP contribution is -2.46. The fourth-order valence-corrected chi connectivity index (χ4v) is 3.62. The largest absolute Gasteiger partial charge is 0.477 e. The Hall–Kier alpha value is -0.910. The zero-order chi connectivity index (χ0) is 13.4. The molecule has 2 fully saturated rings. The quantitative estimate of drug-likeness (QED) is 0.916. The van der Waals surface area contributed by atoms with E-state index in [0.29, 0.717) is 4.88 Å². The van der Waals surface area contributed by atoms with Gasteiger partial charge in [-0.1, -0.05) is 0 Å². The van der Waals surface area contributed by atoms with Gasteiger partial charge in [0.1, 0.15) is 4.88 Å². The van der Waals surface area contributed by atoms with Gasteiger partial charge >= 0.3 is 5.97 Å². The van der Waals surface area contributed by atoms with Crippen LogP contribution in [0.4, 0.5) is 0 Å². The lowest BCUT2D eigenvalue weighted by atomic mass is 10.2. The lowest BCUT2D eigenvalue weighted by Gasteiger charge is -2.34. The molecule has 1 aromatic rings. The van der Waals surface area contributed by atoms with E-state index < -0.39 is 5.97 Å². The van der Waals surface area contributed by atoms with E-state index in [-0.39, 0.29) is 0 Å². The number of hydrogen-bond donors (Lipinski definition) is 1. The fraction of sp³-hybridized carbons (Fsp3) is 0.643. The molecule has 4 nitrogen and oxygen atoms in total. The maximum absolute atomic E-state index is 11.0. The van der Waals surface area contributed by atoms with Gasteiger partial charge in [0.2, 0.25) is 0 Å². The molecule has 0 unspecified atom stereocenters. The van der Waals surface area contributed by atoms with E-state index in [9.17, 15) is 4.79 Å². The first-order chi connectivity index (χ1) is 9.13. The zero-order valence-electron chi connectivity index (χ0n) is 11.3. The Kier molecular flexibility index (Phi) is 3.60. The molecule has 0 atom stereocenters. The molecule has 2 aliphatic rings. The van der Waals surface area contributed by atoms with Crippen molar-refractivity contribution in [2.45, 2.75) is 32.4 Å². The van der Waals surface area contributed by atoms with E-state index >= 15 is 0 Å². The lowest BCUT2D eigenvalue weighted by molar-refractivity contribution is 0.0702. The number of rotatable bonds is 4. The predicted octanol–water partition coefficient (Wildman–Crippen LogP) is 2.03. The van der Waals surface area contributed by atoms with Gasteiger partial charge in [-0.15, -0.1) is 11.3 Å². The van der Waals surface area contributed by atoms with Gasteiger partial charge in [0.05, 0.1) is 0 Å². The summed E-state index contributed by atoms with van der Waals surface area (Å²) < 4.78 is 0. The van der Waals surface area contributed by atoms with Gasteiger partial charge in [0.15, 0.2) is 0 Å². The molecular formula is C14H20N2O2S. The van der Waals surface area contributed by atoms with E-state index in [1.165, 1.54) is 42.8 Å². The molecule has 5 heteroatoms. The molecular weight excluding hydrogens is 260 g/mol. The van der Waals surface area contributed by atoms with Crippen molar-refractivity contribution in [2.75, 3.05) is 26.2 Å². The van der Waals surface area contributed by atoms with Crippen LogP contribution >= 0.6 is 11.3 Å². The number of aryl methyl sites for hydroxylation is 1. The number of nitrogens with zero attached hydrogens (tertiary/aromatic N) is 2. The van der Waals surface area contributed by atoms with Crippen LogP contribution in [-0.2, 0) is 6.54 Å². The molecule has 1 saturated carbocycles. The van der Waals surface area contributed by atoms with Crippen LogP contribution in [0.1, 0.15) is 33.0 Å². The van der Waals surface area contributed by atoms with Crippen molar-refractivity contribution in [3.8, 4) is 0 Å². The number of hydrogen-bond acceptors (Lipinski definition) is 4. The molecule has 1 aromatic heterocycles. The van der Waals surface area contributed by atoms with Crippen LogP contribution in [0.15, 0.2) is 6.07 Å². The van der Waals surface area contributed by atoms with Crippen molar-refractivity contribution in [1.82, 2.24) is 9.80 Å². The molecule has 3 rings (SSSR count). The Labute approximate surface area is 117 Å². The third kappa shape index (κ3) is 2.99. The molecule has 0 radical (unpaired) electrons. The summed E-state index contributed by atoms with van der Waals surface area (Å²) in [6.07, 6.45) is 2.76. The van der Waals surface area contributed by atoms with Gasteiger partial charge in [0.25, 0.3) is 0 Å². The Morgan fingerprint density at radius 3 is 2.58 bits per heavy atom. The monoisotopic (exact) mass is 280 g/mol. The molecule has 1 N–H and O–H groups in total. The first kappa shape index (κ1) is 13.1. The number of piperazine rings is 1. The van der Waals surface area contributed by atoms with Gasteiger partial charge in [0, 0.05) is 43.6 Å². The highest BCUT2D eigenvalue weighted by Gasteiger charge is 2.31. The van der Waals surface area contributed by atoms with Crippen LogP contribution in [0.2, 0.25) is 0 Å². The highest BCUT2D eigenvalue weighted by Crippen LogP contribution is 2.28. The van der Waals surface area contributed by atoms with Crippen LogP contribution in [0.25, 0.3) is 0 Å². The molecule has 104 valence electrons. The standard InChI is InChI=1S/C14H20N2O2S/c1-10-11(8-13(19-10)14(17)18)9-15-4-6-16(7-5-15)12-2-3-12/h8,12H,2-7,9H2,1H3,(H,17,18). The summed E-state index contributed by atoms with van der Waals surface area (Å²) in [6, 6.07) is 2.71. The van der Waals surface area contributed by atoms with Gasteiger partial charge in [-0.3, -0.25) is 9.80 Å². The molecule has 1 aliphatic carbocycles. The summed E-state index contributed by atoms with van der Waals surface area (Å²) in [5.41, 5.74) is 1.18. The van der Waals surface area contributed by atoms with E-state index in [4.69, 9.17) is 5.11 Å².